The lowest BCUT2D eigenvalue weighted by Crippen LogP contribution is -2.04. The number of hydrogen-bond donors (Lipinski definition) is 0. The fourth-order valence-corrected chi connectivity index (χ4v) is 2.63. The van der Waals surface area contributed by atoms with E-state index in [-0.39, 0.29) is 18.0 Å². The van der Waals surface area contributed by atoms with Crippen molar-refractivity contribution in [3.05, 3.63) is 50.1 Å². The summed E-state index contributed by atoms with van der Waals surface area (Å²) < 4.78 is 13.8. The molecule has 5 heteroatoms. The molecule has 0 saturated carbocycles. The second-order valence-corrected chi connectivity index (χ2v) is 5.31. The van der Waals surface area contributed by atoms with E-state index >= 15 is 0 Å². The van der Waals surface area contributed by atoms with Crippen molar-refractivity contribution in [3.8, 4) is 0 Å². The molecule has 0 bridgehead atoms. The molecule has 17 heavy (non-hydrogen) atoms. The van der Waals surface area contributed by atoms with Crippen molar-refractivity contribution in [3.63, 3.8) is 0 Å². The Morgan fingerprint density at radius 3 is 2.94 bits per heavy atom. The Morgan fingerprint density at radius 1 is 1.53 bits per heavy atom. The number of hydrogen-bond acceptors (Lipinski definition) is 3. The van der Waals surface area contributed by atoms with Gasteiger partial charge >= 0.3 is 0 Å². The smallest absolute Gasteiger partial charge is 0.179 e. The monoisotopic (exact) mass is 313 g/mol. The van der Waals surface area contributed by atoms with Crippen LogP contribution in [0.5, 0.6) is 0 Å². The Hall–Kier alpha value is -1.07. The lowest BCUT2D eigenvalue weighted by Gasteiger charge is -2.03. The number of halogens is 2. The van der Waals surface area contributed by atoms with Crippen LogP contribution in [0.4, 0.5) is 4.39 Å². The molecule has 0 fully saturated rings. The third kappa shape index (κ3) is 2.79. The van der Waals surface area contributed by atoms with E-state index in [0.29, 0.717) is 10.4 Å². The molecule has 0 unspecified atom stereocenters. The highest BCUT2D eigenvalue weighted by Gasteiger charge is 2.14. The summed E-state index contributed by atoms with van der Waals surface area (Å²) in [5, 5.41) is 0. The summed E-state index contributed by atoms with van der Waals surface area (Å²) in [7, 11) is 0. The molecule has 0 atom stereocenters. The van der Waals surface area contributed by atoms with Gasteiger partial charge in [-0.05, 0) is 30.7 Å². The number of nitrogens with zero attached hydrogens (tertiary/aromatic N) is 1. The van der Waals surface area contributed by atoms with Gasteiger partial charge in [-0.1, -0.05) is 15.9 Å². The van der Waals surface area contributed by atoms with Gasteiger partial charge in [0.25, 0.3) is 0 Å². The van der Waals surface area contributed by atoms with Gasteiger partial charge < -0.3 is 0 Å². The molecular weight excluding hydrogens is 305 g/mol. The summed E-state index contributed by atoms with van der Waals surface area (Å²) in [5.41, 5.74) is 3.03. The van der Waals surface area contributed by atoms with Crippen LogP contribution >= 0.6 is 27.3 Å². The number of carbonyl (C=O) groups excluding carboxylic acids is 1. The van der Waals surface area contributed by atoms with Gasteiger partial charge in [-0.15, -0.1) is 11.3 Å². The molecule has 0 saturated heterocycles. The summed E-state index contributed by atoms with van der Waals surface area (Å²) in [4.78, 5) is 16.7. The minimum absolute atomic E-state index is 0.0312. The fourth-order valence-electron chi connectivity index (χ4n) is 1.50. The molecule has 1 aromatic heterocycles. The summed E-state index contributed by atoms with van der Waals surface area (Å²) in [6.07, 6.45) is 0.182. The Morgan fingerprint density at radius 2 is 2.29 bits per heavy atom. The van der Waals surface area contributed by atoms with E-state index in [1.54, 1.807) is 18.5 Å². The van der Waals surface area contributed by atoms with Gasteiger partial charge in [-0.3, -0.25) is 4.79 Å². The summed E-state index contributed by atoms with van der Waals surface area (Å²) >= 11 is 4.63. The zero-order valence-corrected chi connectivity index (χ0v) is 11.4. The van der Waals surface area contributed by atoms with Gasteiger partial charge in [0.15, 0.2) is 5.78 Å². The van der Waals surface area contributed by atoms with Gasteiger partial charge in [-0.2, -0.15) is 0 Å². The maximum Gasteiger partial charge on any atom is 0.179 e. The second kappa shape index (κ2) is 5.06. The lowest BCUT2D eigenvalue weighted by molar-refractivity contribution is 0.0996. The Balaban J connectivity index is 2.24. The molecule has 0 radical (unpaired) electrons. The highest BCUT2D eigenvalue weighted by atomic mass is 79.9. The molecule has 1 aromatic carbocycles. The lowest BCUT2D eigenvalue weighted by atomic mass is 10.1. The molecule has 0 aliphatic rings. The molecule has 0 N–H and O–H groups in total. The standard InChI is InChI=1S/C12H9BrFNOS/c1-7-12(17-6-15-7)11(16)5-8-4-9(14)2-3-10(8)13/h2-4,6H,5H2,1H3. The highest BCUT2D eigenvalue weighted by molar-refractivity contribution is 9.10. The predicted octanol–water partition coefficient (Wildman–Crippen LogP) is 3.78. The zero-order valence-electron chi connectivity index (χ0n) is 9.04. The molecule has 0 spiro atoms. The largest absolute Gasteiger partial charge is 0.293 e. The van der Waals surface area contributed by atoms with Crippen molar-refractivity contribution >= 4 is 33.0 Å². The van der Waals surface area contributed by atoms with Crippen LogP contribution in [0.15, 0.2) is 28.2 Å². The topological polar surface area (TPSA) is 30.0 Å². The minimum Gasteiger partial charge on any atom is -0.293 e. The number of carbonyl (C=O) groups is 1. The van der Waals surface area contributed by atoms with E-state index in [4.69, 9.17) is 0 Å². The first-order valence-electron chi connectivity index (χ1n) is 4.95. The van der Waals surface area contributed by atoms with E-state index in [1.165, 1.54) is 23.5 Å². The average molecular weight is 314 g/mol. The average Bonchev–Trinajstić information content (AvgIpc) is 2.70. The maximum absolute atomic E-state index is 13.1. The van der Waals surface area contributed by atoms with Crippen LogP contribution in [0, 0.1) is 12.7 Å². The van der Waals surface area contributed by atoms with E-state index in [1.807, 2.05) is 0 Å². The van der Waals surface area contributed by atoms with Crippen LogP contribution in [0.1, 0.15) is 20.9 Å². The quantitative estimate of drug-likeness (QED) is 0.807. The molecule has 88 valence electrons. The summed E-state index contributed by atoms with van der Waals surface area (Å²) in [6.45, 7) is 1.80. The molecule has 0 aliphatic carbocycles. The number of ketones is 1. The molecule has 0 amide bonds. The number of Topliss-reactive ketones (excluding diaryl/α,β-unsaturated/α-hetero) is 1. The highest BCUT2D eigenvalue weighted by Crippen LogP contribution is 2.21. The van der Waals surface area contributed by atoms with Crippen LogP contribution in [0.2, 0.25) is 0 Å². The Labute approximate surface area is 111 Å². The first-order valence-corrected chi connectivity index (χ1v) is 6.62. The van der Waals surface area contributed by atoms with Crippen molar-refractivity contribution in [1.29, 1.82) is 0 Å². The van der Waals surface area contributed by atoms with Crippen LogP contribution in [0.3, 0.4) is 0 Å². The van der Waals surface area contributed by atoms with E-state index < -0.39 is 0 Å². The van der Waals surface area contributed by atoms with E-state index in [2.05, 4.69) is 20.9 Å². The SMILES string of the molecule is Cc1ncsc1C(=O)Cc1cc(F)ccc1Br. The van der Waals surface area contributed by atoms with Crippen molar-refractivity contribution in [2.45, 2.75) is 13.3 Å². The summed E-state index contributed by atoms with van der Waals surface area (Å²) in [6, 6.07) is 4.34. The van der Waals surface area contributed by atoms with Crippen LogP contribution in [-0.2, 0) is 6.42 Å². The minimum atomic E-state index is -0.336. The van der Waals surface area contributed by atoms with E-state index in [0.717, 1.165) is 10.2 Å². The molecule has 2 rings (SSSR count). The Bertz CT molecular complexity index is 567. The number of rotatable bonds is 3. The number of benzene rings is 1. The third-order valence-electron chi connectivity index (χ3n) is 2.36. The summed E-state index contributed by atoms with van der Waals surface area (Å²) in [5.74, 6) is -0.367. The first kappa shape index (κ1) is 12.4. The van der Waals surface area contributed by atoms with Crippen molar-refractivity contribution < 1.29 is 9.18 Å². The van der Waals surface area contributed by atoms with Gasteiger partial charge in [0, 0.05) is 10.9 Å². The van der Waals surface area contributed by atoms with Gasteiger partial charge in [0.05, 0.1) is 16.1 Å². The normalized spacial score (nSPS) is 10.5. The third-order valence-corrected chi connectivity index (χ3v) is 4.10. The van der Waals surface area contributed by atoms with Gasteiger partial charge in [0.2, 0.25) is 0 Å². The van der Waals surface area contributed by atoms with Crippen molar-refractivity contribution in [1.82, 2.24) is 4.98 Å². The number of thiazole rings is 1. The van der Waals surface area contributed by atoms with Gasteiger partial charge in [0.1, 0.15) is 5.82 Å². The number of aryl methyl sites for hydroxylation is 1. The fraction of sp³-hybridized carbons (Fsp3) is 0.167. The zero-order chi connectivity index (χ0) is 12.4. The second-order valence-electron chi connectivity index (χ2n) is 3.60. The molecule has 2 nitrogen and oxygen atoms in total. The van der Waals surface area contributed by atoms with Crippen LogP contribution < -0.4 is 0 Å². The van der Waals surface area contributed by atoms with Crippen LogP contribution in [0.25, 0.3) is 0 Å². The van der Waals surface area contributed by atoms with Crippen molar-refractivity contribution in [2.75, 3.05) is 0 Å². The first-order chi connectivity index (χ1) is 8.08. The van der Waals surface area contributed by atoms with E-state index in [9.17, 15) is 9.18 Å². The Kier molecular flexibility index (Phi) is 3.69. The maximum atomic E-state index is 13.1. The van der Waals surface area contributed by atoms with Crippen LogP contribution in [-0.4, -0.2) is 10.8 Å². The number of aromatic nitrogens is 1. The van der Waals surface area contributed by atoms with Gasteiger partial charge in [-0.25, -0.2) is 9.37 Å². The molecular formula is C12H9BrFNOS. The molecule has 2 aromatic rings. The molecule has 0 aliphatic heterocycles. The predicted molar refractivity (Wildman–Crippen MR) is 69.0 cm³/mol. The van der Waals surface area contributed by atoms with Crippen molar-refractivity contribution in [2.24, 2.45) is 0 Å². The molecule has 1 heterocycles.